The summed E-state index contributed by atoms with van der Waals surface area (Å²) in [5, 5.41) is 2.58. The molecule has 0 radical (unpaired) electrons. The molecule has 2 aromatic carbocycles. The number of fused-ring (bicyclic) bond motifs is 3. The van der Waals surface area contributed by atoms with Gasteiger partial charge >= 0.3 is 5.63 Å². The molecule has 16 heavy (non-hydrogen) atoms. The molecule has 0 saturated carbocycles. The van der Waals surface area contributed by atoms with Gasteiger partial charge in [0.2, 0.25) is 0 Å². The first-order valence-corrected chi connectivity index (χ1v) is 5.95. The van der Waals surface area contributed by atoms with Gasteiger partial charge in [-0.3, -0.25) is 0 Å². The van der Waals surface area contributed by atoms with Crippen molar-refractivity contribution in [3.63, 3.8) is 0 Å². The summed E-state index contributed by atoms with van der Waals surface area (Å²) in [7, 11) is 0. The van der Waals surface area contributed by atoms with E-state index in [1.165, 1.54) is 0 Å². The molecule has 0 fully saturated rings. The van der Waals surface area contributed by atoms with Crippen molar-refractivity contribution < 1.29 is 4.42 Å². The third kappa shape index (κ3) is 1.43. The minimum absolute atomic E-state index is 0.271. The molecule has 0 aliphatic carbocycles. The highest BCUT2D eigenvalue weighted by molar-refractivity contribution is 14.1. The summed E-state index contributed by atoms with van der Waals surface area (Å²) < 4.78 is 6.31. The first-order chi connectivity index (χ1) is 7.75. The predicted molar refractivity (Wildman–Crippen MR) is 72.7 cm³/mol. The van der Waals surface area contributed by atoms with Crippen molar-refractivity contribution >= 4 is 44.3 Å². The highest BCUT2D eigenvalue weighted by Crippen LogP contribution is 2.23. The van der Waals surface area contributed by atoms with E-state index in [0.717, 1.165) is 14.3 Å². The Morgan fingerprint density at radius 2 is 1.75 bits per heavy atom. The molecule has 0 atom stereocenters. The summed E-state index contributed by atoms with van der Waals surface area (Å²) in [6.45, 7) is 0. The van der Waals surface area contributed by atoms with Gasteiger partial charge in [0.1, 0.15) is 5.58 Å². The topological polar surface area (TPSA) is 30.2 Å². The zero-order valence-electron chi connectivity index (χ0n) is 8.24. The van der Waals surface area contributed by atoms with Crippen LogP contribution in [-0.4, -0.2) is 0 Å². The van der Waals surface area contributed by atoms with Gasteiger partial charge in [-0.05, 0) is 46.2 Å². The Morgan fingerprint density at radius 3 is 2.62 bits per heavy atom. The number of rotatable bonds is 0. The molecule has 0 N–H and O–H groups in total. The fourth-order valence-corrected chi connectivity index (χ4v) is 2.34. The molecule has 0 bridgehead atoms. The van der Waals surface area contributed by atoms with Crippen molar-refractivity contribution in [2.75, 3.05) is 0 Å². The molecule has 3 heteroatoms. The molecule has 78 valence electrons. The third-order valence-corrected chi connectivity index (χ3v) is 3.25. The maximum atomic E-state index is 11.8. The van der Waals surface area contributed by atoms with Gasteiger partial charge < -0.3 is 4.42 Å². The largest absolute Gasteiger partial charge is 0.422 e. The van der Waals surface area contributed by atoms with E-state index >= 15 is 0 Å². The minimum Gasteiger partial charge on any atom is -0.422 e. The van der Waals surface area contributed by atoms with Gasteiger partial charge in [0.15, 0.2) is 0 Å². The molecule has 1 aromatic heterocycles. The second-order valence-electron chi connectivity index (χ2n) is 3.58. The number of hydrogen-bond donors (Lipinski definition) is 0. The quantitative estimate of drug-likeness (QED) is 0.360. The fourth-order valence-electron chi connectivity index (χ4n) is 1.85. The van der Waals surface area contributed by atoms with E-state index in [2.05, 4.69) is 22.6 Å². The van der Waals surface area contributed by atoms with Crippen LogP contribution in [0.1, 0.15) is 0 Å². The van der Waals surface area contributed by atoms with E-state index in [9.17, 15) is 4.79 Å². The molecule has 3 rings (SSSR count). The Kier molecular flexibility index (Phi) is 2.21. The van der Waals surface area contributed by atoms with Crippen LogP contribution < -0.4 is 5.63 Å². The molecule has 2 nitrogen and oxygen atoms in total. The number of para-hydroxylation sites is 1. The lowest BCUT2D eigenvalue weighted by molar-refractivity contribution is 0.569. The lowest BCUT2D eigenvalue weighted by Gasteiger charge is -2.01. The Balaban J connectivity index is 2.65. The minimum atomic E-state index is -0.271. The van der Waals surface area contributed by atoms with E-state index in [-0.39, 0.29) is 5.63 Å². The first kappa shape index (κ1) is 9.84. The SMILES string of the molecule is O=c1oc2ccccc2c2ccc(I)cc12. The van der Waals surface area contributed by atoms with Crippen molar-refractivity contribution in [1.29, 1.82) is 0 Å². The van der Waals surface area contributed by atoms with Crippen LogP contribution in [0.25, 0.3) is 21.7 Å². The summed E-state index contributed by atoms with van der Waals surface area (Å²) in [4.78, 5) is 11.8. The van der Waals surface area contributed by atoms with E-state index in [1.807, 2.05) is 42.5 Å². The van der Waals surface area contributed by atoms with Gasteiger partial charge in [0.25, 0.3) is 0 Å². The lowest BCUT2D eigenvalue weighted by atomic mass is 10.1. The van der Waals surface area contributed by atoms with Crippen molar-refractivity contribution in [3.05, 3.63) is 56.5 Å². The lowest BCUT2D eigenvalue weighted by Crippen LogP contribution is -1.99. The van der Waals surface area contributed by atoms with Crippen molar-refractivity contribution in [2.24, 2.45) is 0 Å². The summed E-state index contributed by atoms with van der Waals surface area (Å²) in [6, 6.07) is 13.4. The Labute approximate surface area is 105 Å². The van der Waals surface area contributed by atoms with Gasteiger partial charge in [0, 0.05) is 8.96 Å². The predicted octanol–water partition coefficient (Wildman–Crippen LogP) is 3.55. The highest BCUT2D eigenvalue weighted by atomic mass is 127. The van der Waals surface area contributed by atoms with Gasteiger partial charge in [-0.2, -0.15) is 0 Å². The van der Waals surface area contributed by atoms with Crippen LogP contribution in [0.5, 0.6) is 0 Å². The van der Waals surface area contributed by atoms with Crippen molar-refractivity contribution in [3.8, 4) is 0 Å². The monoisotopic (exact) mass is 322 g/mol. The number of benzene rings is 2. The summed E-state index contributed by atoms with van der Waals surface area (Å²) in [6.07, 6.45) is 0. The van der Waals surface area contributed by atoms with Gasteiger partial charge in [-0.1, -0.05) is 24.3 Å². The average Bonchev–Trinajstić information content (AvgIpc) is 2.29. The van der Waals surface area contributed by atoms with Crippen LogP contribution in [0.4, 0.5) is 0 Å². The summed E-state index contributed by atoms with van der Waals surface area (Å²) in [5.74, 6) is 0. The van der Waals surface area contributed by atoms with Crippen LogP contribution in [0.15, 0.2) is 51.7 Å². The summed E-state index contributed by atoms with van der Waals surface area (Å²) in [5.41, 5.74) is 0.369. The Bertz CT molecular complexity index is 744. The number of hydrogen-bond acceptors (Lipinski definition) is 2. The molecule has 0 aliphatic rings. The van der Waals surface area contributed by atoms with Crippen LogP contribution in [0, 0.1) is 3.57 Å². The second-order valence-corrected chi connectivity index (χ2v) is 4.82. The van der Waals surface area contributed by atoms with E-state index in [4.69, 9.17) is 4.42 Å². The average molecular weight is 322 g/mol. The first-order valence-electron chi connectivity index (χ1n) is 4.87. The van der Waals surface area contributed by atoms with Crippen LogP contribution >= 0.6 is 22.6 Å². The normalized spacial score (nSPS) is 11.1. The molecule has 0 saturated heterocycles. The molecule has 0 spiro atoms. The molecular formula is C13H7IO2. The van der Waals surface area contributed by atoms with E-state index in [1.54, 1.807) is 0 Å². The standard InChI is InChI=1S/C13H7IO2/c14-8-5-6-9-10-3-1-2-4-12(10)16-13(15)11(9)7-8/h1-7H. The maximum absolute atomic E-state index is 11.8. The fraction of sp³-hybridized carbons (Fsp3) is 0. The number of halogens is 1. The molecule has 0 amide bonds. The maximum Gasteiger partial charge on any atom is 0.344 e. The van der Waals surface area contributed by atoms with E-state index in [0.29, 0.717) is 11.0 Å². The third-order valence-electron chi connectivity index (χ3n) is 2.58. The molecule has 3 aromatic rings. The molecule has 0 unspecified atom stereocenters. The second kappa shape index (κ2) is 3.59. The molecule has 1 heterocycles. The van der Waals surface area contributed by atoms with Crippen LogP contribution in [0.2, 0.25) is 0 Å². The highest BCUT2D eigenvalue weighted by Gasteiger charge is 2.06. The molecular weight excluding hydrogens is 315 g/mol. The van der Waals surface area contributed by atoms with Gasteiger partial charge in [0.05, 0.1) is 5.39 Å². The summed E-state index contributed by atoms with van der Waals surface area (Å²) >= 11 is 2.19. The van der Waals surface area contributed by atoms with Crippen LogP contribution in [-0.2, 0) is 0 Å². The zero-order chi connectivity index (χ0) is 11.1. The van der Waals surface area contributed by atoms with Gasteiger partial charge in [-0.15, -0.1) is 0 Å². The van der Waals surface area contributed by atoms with Crippen LogP contribution in [0.3, 0.4) is 0 Å². The smallest absolute Gasteiger partial charge is 0.344 e. The zero-order valence-corrected chi connectivity index (χ0v) is 10.4. The molecule has 0 aliphatic heterocycles. The van der Waals surface area contributed by atoms with Crippen molar-refractivity contribution in [2.45, 2.75) is 0 Å². The Hall–Kier alpha value is -1.36. The van der Waals surface area contributed by atoms with Gasteiger partial charge in [-0.25, -0.2) is 4.79 Å². The van der Waals surface area contributed by atoms with Crippen molar-refractivity contribution in [1.82, 2.24) is 0 Å². The van der Waals surface area contributed by atoms with E-state index < -0.39 is 0 Å². The Morgan fingerprint density at radius 1 is 0.938 bits per heavy atom.